The van der Waals surface area contributed by atoms with Gasteiger partial charge in [-0.1, -0.05) is 6.42 Å². The van der Waals surface area contributed by atoms with E-state index in [0.29, 0.717) is 18.5 Å². The van der Waals surface area contributed by atoms with Gasteiger partial charge in [0.1, 0.15) is 5.73 Å². The average Bonchev–Trinajstić information content (AvgIpc) is 2.71. The van der Waals surface area contributed by atoms with E-state index in [9.17, 15) is 4.79 Å². The van der Waals surface area contributed by atoms with Crippen LogP contribution in [0.1, 0.15) is 66.2 Å². The molecule has 3 rings (SSSR count). The van der Waals surface area contributed by atoms with Crippen LogP contribution in [0.25, 0.3) is 0 Å². The Morgan fingerprint density at radius 3 is 2.30 bits per heavy atom. The van der Waals surface area contributed by atoms with Gasteiger partial charge in [0, 0.05) is 6.54 Å². The van der Waals surface area contributed by atoms with Crippen molar-refractivity contribution in [2.24, 2.45) is 5.41 Å². The highest BCUT2D eigenvalue weighted by Crippen LogP contribution is 2.49. The summed E-state index contributed by atoms with van der Waals surface area (Å²) in [6.45, 7) is 8.33. The van der Waals surface area contributed by atoms with Gasteiger partial charge >= 0.3 is 7.12 Å². The Morgan fingerprint density at radius 1 is 1.09 bits per heavy atom. The predicted octanol–water partition coefficient (Wildman–Crippen LogP) is 3.31. The Morgan fingerprint density at radius 2 is 1.70 bits per heavy atom. The lowest BCUT2D eigenvalue weighted by molar-refractivity contribution is -0.132. The van der Waals surface area contributed by atoms with Crippen molar-refractivity contribution in [2.75, 3.05) is 6.54 Å². The summed E-state index contributed by atoms with van der Waals surface area (Å²) in [6.07, 6.45) is 4.84. The third-order valence-corrected chi connectivity index (χ3v) is 6.11. The van der Waals surface area contributed by atoms with Crippen LogP contribution in [0.4, 0.5) is 4.39 Å². The molecule has 4 nitrogen and oxygen atoms in total. The number of amides is 1. The van der Waals surface area contributed by atoms with Gasteiger partial charge in [-0.15, -0.1) is 0 Å². The van der Waals surface area contributed by atoms with Crippen molar-refractivity contribution in [1.82, 2.24) is 5.32 Å². The highest BCUT2D eigenvalue weighted by Gasteiger charge is 2.55. The van der Waals surface area contributed by atoms with Crippen LogP contribution in [-0.2, 0) is 14.1 Å². The van der Waals surface area contributed by atoms with E-state index in [0.717, 1.165) is 32.1 Å². The molecule has 1 N–H and O–H groups in total. The minimum atomic E-state index is -1.00. The number of halogens is 1. The molecule has 1 spiro atoms. The van der Waals surface area contributed by atoms with Gasteiger partial charge in [0.15, 0.2) is 0 Å². The van der Waals surface area contributed by atoms with Crippen molar-refractivity contribution in [3.63, 3.8) is 0 Å². The predicted molar refractivity (Wildman–Crippen MR) is 87.4 cm³/mol. The van der Waals surface area contributed by atoms with Gasteiger partial charge in [-0.3, -0.25) is 4.79 Å². The number of piperidine rings is 1. The first-order valence-corrected chi connectivity index (χ1v) is 8.73. The van der Waals surface area contributed by atoms with E-state index in [1.807, 2.05) is 27.7 Å². The molecule has 0 aromatic rings. The highest BCUT2D eigenvalue weighted by atomic mass is 19.1. The second-order valence-corrected chi connectivity index (χ2v) is 8.06. The standard InChI is InChI=1S/C17H27BFNO3/c1-15(2)16(3,4)23-18(22-15)13(19)12-8-5-6-9-17(12)10-7-11-20-14(17)21/h5-11H2,1-4H3,(H,20,21). The summed E-state index contributed by atoms with van der Waals surface area (Å²) in [6, 6.07) is 0. The minimum Gasteiger partial charge on any atom is -0.398 e. The van der Waals surface area contributed by atoms with E-state index < -0.39 is 23.7 Å². The largest absolute Gasteiger partial charge is 0.525 e. The first kappa shape index (κ1) is 17.0. The van der Waals surface area contributed by atoms with Gasteiger partial charge in [-0.25, -0.2) is 4.39 Å². The number of nitrogens with one attached hydrogen (secondary N) is 1. The molecule has 6 heteroatoms. The summed E-state index contributed by atoms with van der Waals surface area (Å²) in [4.78, 5) is 12.6. The number of hydrogen-bond acceptors (Lipinski definition) is 3. The second-order valence-electron chi connectivity index (χ2n) is 8.06. The maximum Gasteiger partial charge on any atom is 0.525 e. The van der Waals surface area contributed by atoms with Crippen LogP contribution < -0.4 is 5.32 Å². The third-order valence-electron chi connectivity index (χ3n) is 6.11. The Labute approximate surface area is 138 Å². The lowest BCUT2D eigenvalue weighted by Crippen LogP contribution is -2.49. The fourth-order valence-electron chi connectivity index (χ4n) is 3.96. The summed E-state index contributed by atoms with van der Waals surface area (Å²) < 4.78 is 27.1. The second kappa shape index (κ2) is 5.59. The molecule has 1 saturated carbocycles. The maximum absolute atomic E-state index is 15.3. The molecule has 3 aliphatic rings. The van der Waals surface area contributed by atoms with Gasteiger partial charge < -0.3 is 14.6 Å². The maximum atomic E-state index is 15.3. The zero-order chi connectivity index (χ0) is 16.9. The summed E-state index contributed by atoms with van der Waals surface area (Å²) in [5, 5.41) is 2.93. The summed E-state index contributed by atoms with van der Waals surface area (Å²) in [5.74, 6) is -0.0230. The number of rotatable bonds is 1. The fourth-order valence-corrected chi connectivity index (χ4v) is 3.96. The van der Waals surface area contributed by atoms with Crippen molar-refractivity contribution in [2.45, 2.75) is 77.4 Å². The fraction of sp³-hybridized carbons (Fsp3) is 0.824. The van der Waals surface area contributed by atoms with Gasteiger partial charge in [-0.2, -0.15) is 0 Å². The zero-order valence-corrected chi connectivity index (χ0v) is 14.6. The number of hydrogen-bond donors (Lipinski definition) is 1. The van der Waals surface area contributed by atoms with E-state index >= 15 is 4.39 Å². The summed E-state index contributed by atoms with van der Waals surface area (Å²) in [7, 11) is -1.00. The molecule has 23 heavy (non-hydrogen) atoms. The summed E-state index contributed by atoms with van der Waals surface area (Å²) >= 11 is 0. The van der Waals surface area contributed by atoms with Crippen molar-refractivity contribution in [3.05, 3.63) is 11.3 Å². The molecule has 2 heterocycles. The molecular weight excluding hydrogens is 296 g/mol. The zero-order valence-electron chi connectivity index (χ0n) is 14.6. The molecule has 1 atom stereocenters. The van der Waals surface area contributed by atoms with Crippen molar-refractivity contribution in [3.8, 4) is 0 Å². The molecule has 1 unspecified atom stereocenters. The normalized spacial score (nSPS) is 35.3. The highest BCUT2D eigenvalue weighted by molar-refractivity contribution is 6.54. The smallest absolute Gasteiger partial charge is 0.398 e. The lowest BCUT2D eigenvalue weighted by Gasteiger charge is -2.41. The van der Waals surface area contributed by atoms with Crippen LogP contribution in [0.3, 0.4) is 0 Å². The Balaban J connectivity index is 1.96. The van der Waals surface area contributed by atoms with Crippen LogP contribution in [0, 0.1) is 5.41 Å². The molecule has 3 fully saturated rings. The third kappa shape index (κ3) is 2.64. The van der Waals surface area contributed by atoms with Crippen LogP contribution in [0.15, 0.2) is 11.3 Å². The van der Waals surface area contributed by atoms with Gasteiger partial charge in [0.25, 0.3) is 0 Å². The molecule has 0 aromatic carbocycles. The van der Waals surface area contributed by atoms with Crippen LogP contribution in [-0.4, -0.2) is 30.8 Å². The van der Waals surface area contributed by atoms with E-state index in [1.165, 1.54) is 0 Å². The van der Waals surface area contributed by atoms with Crippen LogP contribution in [0.5, 0.6) is 0 Å². The van der Waals surface area contributed by atoms with Crippen molar-refractivity contribution < 1.29 is 18.5 Å². The van der Waals surface area contributed by atoms with Gasteiger partial charge in [-0.05, 0) is 65.4 Å². The number of carbonyl (C=O) groups is 1. The molecular formula is C17H27BFNO3. The Bertz CT molecular complexity index is 524. The van der Waals surface area contributed by atoms with Crippen molar-refractivity contribution >= 4 is 13.0 Å². The lowest BCUT2D eigenvalue weighted by atomic mass is 9.62. The van der Waals surface area contributed by atoms with Gasteiger partial charge in [0.2, 0.25) is 5.91 Å². The first-order chi connectivity index (χ1) is 10.7. The quantitative estimate of drug-likeness (QED) is 0.753. The Hall–Kier alpha value is -0.875. The average molecular weight is 323 g/mol. The molecule has 1 aliphatic carbocycles. The number of carbonyl (C=O) groups excluding carboxylic acids is 1. The van der Waals surface area contributed by atoms with E-state index in [4.69, 9.17) is 9.31 Å². The van der Waals surface area contributed by atoms with Crippen molar-refractivity contribution in [1.29, 1.82) is 0 Å². The van der Waals surface area contributed by atoms with Crippen LogP contribution >= 0.6 is 0 Å². The van der Waals surface area contributed by atoms with E-state index in [1.54, 1.807) is 0 Å². The monoisotopic (exact) mass is 323 g/mol. The molecule has 2 aliphatic heterocycles. The SMILES string of the molecule is CC1(C)OB(C(F)=C2CCCCC23CCCNC3=O)OC1(C)C. The summed E-state index contributed by atoms with van der Waals surface area (Å²) in [5.41, 5.74) is -1.61. The molecule has 0 aromatic heterocycles. The minimum absolute atomic E-state index is 0.0230. The van der Waals surface area contributed by atoms with E-state index in [-0.39, 0.29) is 11.6 Å². The molecule has 2 saturated heterocycles. The molecule has 0 bridgehead atoms. The topological polar surface area (TPSA) is 47.6 Å². The van der Waals surface area contributed by atoms with E-state index in [2.05, 4.69) is 5.32 Å². The first-order valence-electron chi connectivity index (χ1n) is 8.73. The Kier molecular flexibility index (Phi) is 4.12. The van der Waals surface area contributed by atoms with Gasteiger partial charge in [0.05, 0.1) is 16.6 Å². The molecule has 0 radical (unpaired) electrons. The van der Waals surface area contributed by atoms with Crippen LogP contribution in [0.2, 0.25) is 0 Å². The molecule has 128 valence electrons. The molecule has 1 amide bonds.